The van der Waals surface area contributed by atoms with E-state index in [4.69, 9.17) is 0 Å². The molecule has 1 atom stereocenters. The number of imidazole rings is 1. The third-order valence-electron chi connectivity index (χ3n) is 5.02. The number of para-hydroxylation sites is 2. The molecule has 0 bridgehead atoms. The van der Waals surface area contributed by atoms with E-state index in [-0.39, 0.29) is 24.0 Å². The molecule has 1 aliphatic rings. The summed E-state index contributed by atoms with van der Waals surface area (Å²) in [6, 6.07) is 7.38. The van der Waals surface area contributed by atoms with Crippen molar-refractivity contribution in [2.24, 2.45) is 13.0 Å². The maximum Gasteiger partial charge on any atom is 0.329 e. The lowest BCUT2D eigenvalue weighted by molar-refractivity contribution is -0.132. The van der Waals surface area contributed by atoms with Gasteiger partial charge in [-0.15, -0.1) is 0 Å². The lowest BCUT2D eigenvalue weighted by Crippen LogP contribution is -2.41. The van der Waals surface area contributed by atoms with Gasteiger partial charge in [-0.05, 0) is 30.9 Å². The fourth-order valence-corrected chi connectivity index (χ4v) is 3.60. The molecule has 1 fully saturated rings. The summed E-state index contributed by atoms with van der Waals surface area (Å²) in [6.45, 7) is 4.01. The Morgan fingerprint density at radius 3 is 2.69 bits per heavy atom. The average molecular weight is 358 g/mol. The van der Waals surface area contributed by atoms with Crippen LogP contribution < -0.4 is 11.0 Å². The molecule has 3 rings (SSSR count). The average Bonchev–Trinajstić information content (AvgIpc) is 2.87. The number of hydrogen-bond acceptors (Lipinski definition) is 3. The summed E-state index contributed by atoms with van der Waals surface area (Å²) in [5, 5.41) is 2.76. The van der Waals surface area contributed by atoms with Crippen molar-refractivity contribution < 1.29 is 9.59 Å². The Morgan fingerprint density at radius 1 is 1.23 bits per heavy atom. The number of hydrogen-bond donors (Lipinski definition) is 1. The quantitative estimate of drug-likeness (QED) is 0.870. The van der Waals surface area contributed by atoms with Crippen molar-refractivity contribution in [3.8, 4) is 0 Å². The van der Waals surface area contributed by atoms with E-state index < -0.39 is 0 Å². The first-order chi connectivity index (χ1) is 12.5. The largest absolute Gasteiger partial charge is 0.354 e. The summed E-state index contributed by atoms with van der Waals surface area (Å²) < 4.78 is 2.99. The van der Waals surface area contributed by atoms with Gasteiger partial charge in [0.15, 0.2) is 0 Å². The van der Waals surface area contributed by atoms with Crippen molar-refractivity contribution in [2.75, 3.05) is 19.6 Å². The zero-order valence-electron chi connectivity index (χ0n) is 15.4. The monoisotopic (exact) mass is 358 g/mol. The predicted molar refractivity (Wildman–Crippen MR) is 99.8 cm³/mol. The molecule has 7 nitrogen and oxygen atoms in total. The molecule has 26 heavy (non-hydrogen) atoms. The topological polar surface area (TPSA) is 76.3 Å². The second-order valence-corrected chi connectivity index (χ2v) is 7.10. The summed E-state index contributed by atoms with van der Waals surface area (Å²) in [5.41, 5.74) is 1.30. The summed E-state index contributed by atoms with van der Waals surface area (Å²) in [5.74, 6) is 0.364. The second-order valence-electron chi connectivity index (χ2n) is 7.10. The lowest BCUT2D eigenvalue weighted by Gasteiger charge is -2.31. The number of aryl methyl sites for hydroxylation is 1. The van der Waals surface area contributed by atoms with Crippen LogP contribution in [-0.2, 0) is 23.2 Å². The van der Waals surface area contributed by atoms with Crippen LogP contribution in [0.4, 0.5) is 0 Å². The number of aromatic nitrogens is 2. The smallest absolute Gasteiger partial charge is 0.329 e. The molecule has 2 aromatic rings. The van der Waals surface area contributed by atoms with Crippen molar-refractivity contribution in [1.82, 2.24) is 19.4 Å². The van der Waals surface area contributed by atoms with Crippen LogP contribution in [0.2, 0.25) is 0 Å². The Morgan fingerprint density at radius 2 is 1.96 bits per heavy atom. The molecule has 1 aromatic heterocycles. The highest BCUT2D eigenvalue weighted by atomic mass is 16.2. The van der Waals surface area contributed by atoms with Crippen LogP contribution in [0.3, 0.4) is 0 Å². The molecule has 1 saturated heterocycles. The Kier molecular flexibility index (Phi) is 5.44. The van der Waals surface area contributed by atoms with E-state index in [9.17, 15) is 14.4 Å². The van der Waals surface area contributed by atoms with Crippen LogP contribution in [0, 0.1) is 5.92 Å². The molecule has 1 N–H and O–H groups in total. The van der Waals surface area contributed by atoms with Gasteiger partial charge in [-0.3, -0.25) is 18.7 Å². The fraction of sp³-hybridized carbons (Fsp3) is 0.526. The first-order valence-corrected chi connectivity index (χ1v) is 9.16. The Bertz CT molecular complexity index is 867. The van der Waals surface area contributed by atoms with Crippen molar-refractivity contribution in [3.05, 3.63) is 34.7 Å². The molecule has 140 valence electrons. The molecule has 0 aliphatic carbocycles. The van der Waals surface area contributed by atoms with Crippen LogP contribution in [0.25, 0.3) is 11.0 Å². The predicted octanol–water partition coefficient (Wildman–Crippen LogP) is 1.10. The van der Waals surface area contributed by atoms with E-state index in [0.717, 1.165) is 30.5 Å². The van der Waals surface area contributed by atoms with E-state index in [1.807, 2.05) is 29.2 Å². The van der Waals surface area contributed by atoms with Gasteiger partial charge in [0.25, 0.3) is 0 Å². The number of nitrogens with one attached hydrogen (secondary N) is 1. The van der Waals surface area contributed by atoms with Crippen LogP contribution in [-0.4, -0.2) is 45.5 Å². The van der Waals surface area contributed by atoms with Gasteiger partial charge < -0.3 is 10.2 Å². The highest BCUT2D eigenvalue weighted by molar-refractivity contribution is 5.81. The number of benzene rings is 1. The zero-order valence-corrected chi connectivity index (χ0v) is 15.4. The van der Waals surface area contributed by atoms with Gasteiger partial charge >= 0.3 is 5.69 Å². The van der Waals surface area contributed by atoms with Crippen molar-refractivity contribution in [1.29, 1.82) is 0 Å². The zero-order chi connectivity index (χ0) is 18.7. The lowest BCUT2D eigenvalue weighted by atomic mass is 10.00. The standard InChI is InChI=1S/C19H26N4O3/c1-14-6-5-11-22(12-14)18(25)9-10-20-17(24)13-23-16-8-4-3-7-15(16)21(2)19(23)26/h3-4,7-8,14H,5-6,9-13H2,1-2H3,(H,20,24). The van der Waals surface area contributed by atoms with E-state index in [2.05, 4.69) is 12.2 Å². The number of carbonyl (C=O) groups is 2. The fourth-order valence-electron chi connectivity index (χ4n) is 3.60. The van der Waals surface area contributed by atoms with Gasteiger partial charge in [-0.25, -0.2) is 4.79 Å². The molecule has 7 heteroatoms. The molecule has 2 amide bonds. The molecule has 2 heterocycles. The Balaban J connectivity index is 1.54. The van der Waals surface area contributed by atoms with Crippen LogP contribution in [0.1, 0.15) is 26.2 Å². The number of likely N-dealkylation sites (tertiary alicyclic amines) is 1. The minimum atomic E-state index is -0.261. The minimum absolute atomic E-state index is 0.0465. The van der Waals surface area contributed by atoms with Crippen LogP contribution in [0.15, 0.2) is 29.1 Å². The number of piperidine rings is 1. The highest BCUT2D eigenvalue weighted by Gasteiger charge is 2.20. The summed E-state index contributed by atoms with van der Waals surface area (Å²) in [7, 11) is 1.69. The Labute approximate surface area is 152 Å². The SMILES string of the molecule is CC1CCCN(C(=O)CCNC(=O)Cn2c(=O)n(C)c3ccccc32)C1. The van der Waals surface area contributed by atoms with Gasteiger partial charge in [-0.2, -0.15) is 0 Å². The second kappa shape index (κ2) is 7.76. The molecule has 0 spiro atoms. The van der Waals surface area contributed by atoms with Gasteiger partial charge in [-0.1, -0.05) is 19.1 Å². The summed E-state index contributed by atoms with van der Waals surface area (Å²) in [6.07, 6.45) is 2.51. The first kappa shape index (κ1) is 18.2. The third kappa shape index (κ3) is 3.81. The molecule has 0 radical (unpaired) electrons. The summed E-state index contributed by atoms with van der Waals surface area (Å²) >= 11 is 0. The van der Waals surface area contributed by atoms with Gasteiger partial charge in [0, 0.05) is 33.1 Å². The molecule has 0 saturated carbocycles. The number of rotatable bonds is 5. The number of amides is 2. The number of nitrogens with zero attached hydrogens (tertiary/aromatic N) is 3. The molecule has 1 unspecified atom stereocenters. The van der Waals surface area contributed by atoms with E-state index in [1.54, 1.807) is 7.05 Å². The van der Waals surface area contributed by atoms with Gasteiger partial charge in [0.05, 0.1) is 11.0 Å². The molecular formula is C19H26N4O3. The first-order valence-electron chi connectivity index (χ1n) is 9.16. The minimum Gasteiger partial charge on any atom is -0.354 e. The number of fused-ring (bicyclic) bond motifs is 1. The van der Waals surface area contributed by atoms with Crippen molar-refractivity contribution in [3.63, 3.8) is 0 Å². The van der Waals surface area contributed by atoms with Crippen LogP contribution in [0.5, 0.6) is 0 Å². The van der Waals surface area contributed by atoms with Gasteiger partial charge in [0.2, 0.25) is 11.8 Å². The molecular weight excluding hydrogens is 332 g/mol. The van der Waals surface area contributed by atoms with E-state index in [1.165, 1.54) is 15.6 Å². The molecule has 1 aliphatic heterocycles. The van der Waals surface area contributed by atoms with E-state index in [0.29, 0.717) is 18.9 Å². The van der Waals surface area contributed by atoms with Gasteiger partial charge in [0.1, 0.15) is 6.54 Å². The maximum atomic E-state index is 12.3. The van der Waals surface area contributed by atoms with E-state index >= 15 is 0 Å². The molecule has 1 aromatic carbocycles. The normalized spacial score (nSPS) is 17.5. The number of carbonyl (C=O) groups excluding carboxylic acids is 2. The highest BCUT2D eigenvalue weighted by Crippen LogP contribution is 2.16. The summed E-state index contributed by atoms with van der Waals surface area (Å²) in [4.78, 5) is 38.7. The maximum absolute atomic E-state index is 12.3. The van der Waals surface area contributed by atoms with Crippen molar-refractivity contribution in [2.45, 2.75) is 32.7 Å². The Hall–Kier alpha value is -2.57. The third-order valence-corrected chi connectivity index (χ3v) is 5.02. The van der Waals surface area contributed by atoms with Crippen molar-refractivity contribution >= 4 is 22.8 Å². The van der Waals surface area contributed by atoms with Crippen LogP contribution >= 0.6 is 0 Å².